The number of aliphatic carboxylic acids is 1. The van der Waals surface area contributed by atoms with E-state index in [9.17, 15) is 19.1 Å². The molecule has 0 saturated heterocycles. The molecule has 3 rings (SSSR count). The molecule has 1 aromatic heterocycles. The van der Waals surface area contributed by atoms with Crippen molar-refractivity contribution in [1.29, 1.82) is 0 Å². The number of carboxylic acids is 1. The molecule has 1 atom stereocenters. The second-order valence-corrected chi connectivity index (χ2v) is 6.15. The van der Waals surface area contributed by atoms with Crippen LogP contribution in [0.3, 0.4) is 0 Å². The number of hydrogen-bond acceptors (Lipinski definition) is 3. The van der Waals surface area contributed by atoms with Gasteiger partial charge >= 0.3 is 5.97 Å². The normalized spacial score (nSPS) is 16.5. The lowest BCUT2D eigenvalue weighted by Gasteiger charge is -2.21. The van der Waals surface area contributed by atoms with Gasteiger partial charge in [-0.1, -0.05) is 18.2 Å². The van der Waals surface area contributed by atoms with Crippen LogP contribution in [0.1, 0.15) is 41.4 Å². The van der Waals surface area contributed by atoms with Gasteiger partial charge in [-0.05, 0) is 32.8 Å². The van der Waals surface area contributed by atoms with Crippen molar-refractivity contribution in [2.24, 2.45) is 0 Å². The second kappa shape index (κ2) is 5.74. The summed E-state index contributed by atoms with van der Waals surface area (Å²) in [6, 6.07) is 4.89. The van der Waals surface area contributed by atoms with Crippen LogP contribution in [0.5, 0.6) is 0 Å². The Morgan fingerprint density at radius 3 is 2.50 bits per heavy atom. The third kappa shape index (κ3) is 2.55. The smallest absolute Gasteiger partial charge is 0.331 e. The molecular formula is C17H18FN3O3. The van der Waals surface area contributed by atoms with Gasteiger partial charge in [0, 0.05) is 16.8 Å². The van der Waals surface area contributed by atoms with E-state index in [1.807, 2.05) is 0 Å². The number of H-pyrrole nitrogens is 1. The summed E-state index contributed by atoms with van der Waals surface area (Å²) in [6.45, 7) is 3.37. The van der Waals surface area contributed by atoms with Crippen molar-refractivity contribution in [2.45, 2.75) is 38.1 Å². The lowest BCUT2D eigenvalue weighted by molar-refractivity contribution is -0.142. The van der Waals surface area contributed by atoms with Crippen molar-refractivity contribution < 1.29 is 19.1 Å². The van der Waals surface area contributed by atoms with E-state index in [4.69, 9.17) is 0 Å². The first-order valence-corrected chi connectivity index (χ1v) is 7.67. The largest absolute Gasteiger partial charge is 0.479 e. The number of aromatic nitrogens is 2. The zero-order valence-corrected chi connectivity index (χ0v) is 13.4. The number of carbonyl (C=O) groups excluding carboxylic acids is 1. The first-order valence-electron chi connectivity index (χ1n) is 7.67. The summed E-state index contributed by atoms with van der Waals surface area (Å²) in [7, 11) is 0. The SMILES string of the molecule is Cc1n[nH]c(C)c1[C@H](NC(=O)C1(c2ccccc2F)CC1)C(=O)O. The summed E-state index contributed by atoms with van der Waals surface area (Å²) >= 11 is 0. The molecule has 0 bridgehead atoms. The quantitative estimate of drug-likeness (QED) is 0.782. The molecule has 1 saturated carbocycles. The predicted molar refractivity (Wildman–Crippen MR) is 83.9 cm³/mol. The first kappa shape index (κ1) is 16.2. The highest BCUT2D eigenvalue weighted by Crippen LogP contribution is 2.49. The Bertz CT molecular complexity index is 792. The number of halogens is 1. The molecule has 0 unspecified atom stereocenters. The molecule has 1 fully saturated rings. The minimum absolute atomic E-state index is 0.312. The highest BCUT2D eigenvalue weighted by Gasteiger charge is 2.53. The Hall–Kier alpha value is -2.70. The minimum atomic E-state index is -1.22. The Morgan fingerprint density at radius 2 is 2.00 bits per heavy atom. The maximum atomic E-state index is 14.1. The summed E-state index contributed by atoms with van der Waals surface area (Å²) < 4.78 is 14.1. The van der Waals surface area contributed by atoms with Crippen molar-refractivity contribution in [3.05, 3.63) is 52.6 Å². The van der Waals surface area contributed by atoms with E-state index >= 15 is 0 Å². The van der Waals surface area contributed by atoms with Gasteiger partial charge in [0.05, 0.1) is 11.1 Å². The maximum Gasteiger partial charge on any atom is 0.331 e. The first-order chi connectivity index (χ1) is 11.4. The number of nitrogens with zero attached hydrogens (tertiary/aromatic N) is 1. The molecule has 1 aromatic carbocycles. The maximum absolute atomic E-state index is 14.1. The molecule has 1 heterocycles. The Kier molecular flexibility index (Phi) is 3.87. The van der Waals surface area contributed by atoms with Crippen LogP contribution >= 0.6 is 0 Å². The zero-order valence-electron chi connectivity index (χ0n) is 13.4. The van der Waals surface area contributed by atoms with E-state index < -0.39 is 29.2 Å². The number of aromatic amines is 1. The number of carboxylic acid groups (broad SMARTS) is 1. The van der Waals surface area contributed by atoms with Crippen LogP contribution in [0.4, 0.5) is 4.39 Å². The topological polar surface area (TPSA) is 95.1 Å². The van der Waals surface area contributed by atoms with E-state index in [2.05, 4.69) is 15.5 Å². The Labute approximate surface area is 138 Å². The van der Waals surface area contributed by atoms with Crippen molar-refractivity contribution in [3.8, 4) is 0 Å². The number of hydrogen-bond donors (Lipinski definition) is 3. The van der Waals surface area contributed by atoms with E-state index in [0.717, 1.165) is 0 Å². The van der Waals surface area contributed by atoms with Gasteiger partial charge in [-0.15, -0.1) is 0 Å². The van der Waals surface area contributed by atoms with E-state index in [1.165, 1.54) is 6.07 Å². The molecule has 0 aliphatic heterocycles. The van der Waals surface area contributed by atoms with Crippen molar-refractivity contribution in [3.63, 3.8) is 0 Å². The van der Waals surface area contributed by atoms with Crippen molar-refractivity contribution in [1.82, 2.24) is 15.5 Å². The lowest BCUT2D eigenvalue weighted by atomic mass is 9.93. The molecule has 0 spiro atoms. The monoisotopic (exact) mass is 331 g/mol. The second-order valence-electron chi connectivity index (χ2n) is 6.15. The van der Waals surface area contributed by atoms with Gasteiger partial charge in [-0.2, -0.15) is 5.10 Å². The minimum Gasteiger partial charge on any atom is -0.479 e. The van der Waals surface area contributed by atoms with Crippen LogP contribution in [0.25, 0.3) is 0 Å². The third-order valence-corrected chi connectivity index (χ3v) is 4.57. The summed E-state index contributed by atoms with van der Waals surface area (Å²) in [4.78, 5) is 24.4. The molecule has 2 aromatic rings. The highest BCUT2D eigenvalue weighted by atomic mass is 19.1. The molecule has 126 valence electrons. The molecule has 7 heteroatoms. The molecule has 24 heavy (non-hydrogen) atoms. The van der Waals surface area contributed by atoms with Crippen LogP contribution < -0.4 is 5.32 Å². The molecule has 1 amide bonds. The average Bonchev–Trinajstić information content (AvgIpc) is 3.27. The average molecular weight is 331 g/mol. The number of benzene rings is 1. The van der Waals surface area contributed by atoms with Gasteiger partial charge < -0.3 is 10.4 Å². The third-order valence-electron chi connectivity index (χ3n) is 4.57. The number of nitrogens with one attached hydrogen (secondary N) is 2. The molecule has 6 nitrogen and oxygen atoms in total. The summed E-state index contributed by atoms with van der Waals surface area (Å²) in [6.07, 6.45) is 0.991. The number of carbonyl (C=O) groups is 2. The van der Waals surface area contributed by atoms with E-state index in [0.29, 0.717) is 35.4 Å². The van der Waals surface area contributed by atoms with Gasteiger partial charge in [0.1, 0.15) is 5.82 Å². The number of rotatable bonds is 5. The summed E-state index contributed by atoms with van der Waals surface area (Å²) in [5.74, 6) is -2.10. The van der Waals surface area contributed by atoms with Gasteiger partial charge in [-0.25, -0.2) is 9.18 Å². The summed E-state index contributed by atoms with van der Waals surface area (Å²) in [5.41, 5.74) is 0.851. The van der Waals surface area contributed by atoms with Gasteiger partial charge in [-0.3, -0.25) is 9.89 Å². The van der Waals surface area contributed by atoms with Crippen molar-refractivity contribution in [2.75, 3.05) is 0 Å². The molecule has 1 aliphatic carbocycles. The lowest BCUT2D eigenvalue weighted by Crippen LogP contribution is -2.41. The van der Waals surface area contributed by atoms with Gasteiger partial charge in [0.25, 0.3) is 0 Å². The molecule has 3 N–H and O–H groups in total. The van der Waals surface area contributed by atoms with Crippen LogP contribution in [0.15, 0.2) is 24.3 Å². The van der Waals surface area contributed by atoms with Crippen LogP contribution in [-0.4, -0.2) is 27.2 Å². The number of aryl methyl sites for hydroxylation is 2. The summed E-state index contributed by atoms with van der Waals surface area (Å²) in [5, 5.41) is 18.8. The van der Waals surface area contributed by atoms with Gasteiger partial charge in [0.15, 0.2) is 6.04 Å². The molecular weight excluding hydrogens is 313 g/mol. The zero-order chi connectivity index (χ0) is 17.5. The van der Waals surface area contributed by atoms with Crippen molar-refractivity contribution >= 4 is 11.9 Å². The standard InChI is InChI=1S/C17H18FN3O3/c1-9-13(10(2)21-20-9)14(15(22)23)19-16(24)17(7-8-17)11-5-3-4-6-12(11)18/h3-6,14H,7-8H2,1-2H3,(H,19,24)(H,20,21)(H,22,23)/t14-/m0/s1. The van der Waals surface area contributed by atoms with Crippen LogP contribution in [0.2, 0.25) is 0 Å². The number of amides is 1. The molecule has 1 aliphatic rings. The van der Waals surface area contributed by atoms with Crippen LogP contribution in [0, 0.1) is 19.7 Å². The van der Waals surface area contributed by atoms with E-state index in [1.54, 1.807) is 32.0 Å². The van der Waals surface area contributed by atoms with Crippen LogP contribution in [-0.2, 0) is 15.0 Å². The van der Waals surface area contributed by atoms with Gasteiger partial charge in [0.2, 0.25) is 5.91 Å². The molecule has 0 radical (unpaired) electrons. The fourth-order valence-electron chi connectivity index (χ4n) is 3.10. The predicted octanol–water partition coefficient (Wildman–Crippen LogP) is 2.14. The fourth-order valence-corrected chi connectivity index (χ4v) is 3.10. The Morgan fingerprint density at radius 1 is 1.33 bits per heavy atom. The fraction of sp³-hybridized carbons (Fsp3) is 0.353. The Balaban J connectivity index is 1.90. The highest BCUT2D eigenvalue weighted by molar-refractivity contribution is 5.94. The van der Waals surface area contributed by atoms with E-state index in [-0.39, 0.29) is 0 Å².